The third kappa shape index (κ3) is 2.21. The van der Waals surface area contributed by atoms with E-state index in [4.69, 9.17) is 0 Å². The van der Waals surface area contributed by atoms with E-state index in [0.717, 1.165) is 11.4 Å². The summed E-state index contributed by atoms with van der Waals surface area (Å²) in [7, 11) is 2.08. The van der Waals surface area contributed by atoms with Gasteiger partial charge < -0.3 is 0 Å². The minimum Gasteiger partial charge on any atom is -0.258 e. The van der Waals surface area contributed by atoms with Crippen molar-refractivity contribution in [1.82, 2.24) is 14.8 Å². The number of pyridine rings is 1. The van der Waals surface area contributed by atoms with Crippen LogP contribution in [0.25, 0.3) is 5.69 Å². The summed E-state index contributed by atoms with van der Waals surface area (Å²) in [6.07, 6.45) is 3.42. The zero-order valence-corrected chi connectivity index (χ0v) is 9.42. The molecule has 2 aromatic heterocycles. The number of nitrogens with zero attached hydrogens (tertiary/aromatic N) is 3. The highest BCUT2D eigenvalue weighted by molar-refractivity contribution is 7.16. The summed E-state index contributed by atoms with van der Waals surface area (Å²) < 4.78 is 14.7. The van der Waals surface area contributed by atoms with Crippen molar-refractivity contribution < 1.29 is 4.39 Å². The fourth-order valence-electron chi connectivity index (χ4n) is 1.29. The van der Waals surface area contributed by atoms with Gasteiger partial charge in [0, 0.05) is 12.4 Å². The Kier molecular flexibility index (Phi) is 2.78. The fourth-order valence-corrected chi connectivity index (χ4v) is 1.47. The fraction of sp³-hybridized carbons (Fsp3) is 0.200. The lowest BCUT2D eigenvalue weighted by atomic mass is 10.3. The maximum absolute atomic E-state index is 13.0. The molecule has 0 radical (unpaired) electrons. The third-order valence-corrected chi connectivity index (χ3v) is 2.38. The van der Waals surface area contributed by atoms with Gasteiger partial charge in [0.1, 0.15) is 0 Å². The predicted molar refractivity (Wildman–Crippen MR) is 59.7 cm³/mol. The van der Waals surface area contributed by atoms with Crippen LogP contribution < -0.4 is 0 Å². The molecule has 3 nitrogen and oxygen atoms in total. The summed E-state index contributed by atoms with van der Waals surface area (Å²) in [5, 5.41) is 4.24. The lowest BCUT2D eigenvalue weighted by Crippen LogP contribution is -1.97. The molecule has 0 fully saturated rings. The summed E-state index contributed by atoms with van der Waals surface area (Å²) in [6, 6.07) is 5.38. The molecule has 2 atom stereocenters. The van der Waals surface area contributed by atoms with Gasteiger partial charge in [-0.3, -0.25) is 4.98 Å². The highest BCUT2D eigenvalue weighted by Gasteiger charge is 2.06. The van der Waals surface area contributed by atoms with Gasteiger partial charge in [-0.2, -0.15) is 5.10 Å². The first-order valence-electron chi connectivity index (χ1n) is 4.55. The molecule has 0 saturated heterocycles. The van der Waals surface area contributed by atoms with Crippen LogP contribution in [0.3, 0.4) is 0 Å². The largest absolute Gasteiger partial charge is 0.258 e. The number of aryl methyl sites for hydroxylation is 1. The van der Waals surface area contributed by atoms with E-state index in [1.807, 2.05) is 19.2 Å². The van der Waals surface area contributed by atoms with Crippen LogP contribution in [0.4, 0.5) is 4.39 Å². The molecule has 78 valence electrons. The van der Waals surface area contributed by atoms with Crippen LogP contribution >= 0.6 is 9.24 Å². The Morgan fingerprint density at radius 2 is 2.27 bits per heavy atom. The van der Waals surface area contributed by atoms with Gasteiger partial charge in [0.05, 0.1) is 17.1 Å². The Morgan fingerprint density at radius 1 is 1.47 bits per heavy atom. The molecule has 5 heteroatoms. The number of rotatable bonds is 2. The summed E-state index contributed by atoms with van der Waals surface area (Å²) in [6.45, 7) is 1.91. The van der Waals surface area contributed by atoms with Crippen LogP contribution in [-0.4, -0.2) is 14.8 Å². The Hall–Kier alpha value is -1.28. The van der Waals surface area contributed by atoms with E-state index in [9.17, 15) is 4.39 Å². The first-order chi connectivity index (χ1) is 7.16. The van der Waals surface area contributed by atoms with Gasteiger partial charge in [-0.1, -0.05) is 9.24 Å². The maximum Gasteiger partial charge on any atom is 0.155 e. The van der Waals surface area contributed by atoms with E-state index < -0.39 is 5.91 Å². The van der Waals surface area contributed by atoms with Crippen molar-refractivity contribution in [2.45, 2.75) is 12.8 Å². The van der Waals surface area contributed by atoms with Crippen LogP contribution in [0.15, 0.2) is 30.6 Å². The van der Waals surface area contributed by atoms with Crippen LogP contribution in [-0.2, 0) is 0 Å². The lowest BCUT2D eigenvalue weighted by molar-refractivity contribution is 0.459. The number of hydrogen-bond donors (Lipinski definition) is 0. The zero-order valence-electron chi connectivity index (χ0n) is 8.26. The van der Waals surface area contributed by atoms with Gasteiger partial charge in [0.25, 0.3) is 0 Å². The molecule has 0 bridgehead atoms. The van der Waals surface area contributed by atoms with Crippen LogP contribution in [0.5, 0.6) is 0 Å². The Morgan fingerprint density at radius 3 is 2.87 bits per heavy atom. The summed E-state index contributed by atoms with van der Waals surface area (Å²) in [5.41, 5.74) is 2.14. The van der Waals surface area contributed by atoms with Crippen molar-refractivity contribution in [2.24, 2.45) is 0 Å². The molecule has 2 heterocycles. The Bertz CT molecular complexity index is 467. The quantitative estimate of drug-likeness (QED) is 0.732. The molecule has 2 rings (SSSR count). The van der Waals surface area contributed by atoms with E-state index in [1.54, 1.807) is 23.0 Å². The van der Waals surface area contributed by atoms with Gasteiger partial charge in [0.2, 0.25) is 0 Å². The van der Waals surface area contributed by atoms with Crippen LogP contribution in [0.2, 0.25) is 0 Å². The maximum atomic E-state index is 13.0. The molecular weight excluding hydrogens is 212 g/mol. The summed E-state index contributed by atoms with van der Waals surface area (Å²) in [5.74, 6) is -1.14. The van der Waals surface area contributed by atoms with Crippen molar-refractivity contribution in [1.29, 1.82) is 0 Å². The third-order valence-electron chi connectivity index (χ3n) is 2.03. The second-order valence-electron chi connectivity index (χ2n) is 3.24. The molecule has 2 aromatic rings. The Labute approximate surface area is 89.5 Å². The number of hydrogen-bond acceptors (Lipinski definition) is 2. The second-order valence-corrected chi connectivity index (χ2v) is 3.83. The van der Waals surface area contributed by atoms with E-state index in [1.165, 1.54) is 0 Å². The molecule has 0 aliphatic carbocycles. The second kappa shape index (κ2) is 4.07. The van der Waals surface area contributed by atoms with E-state index >= 15 is 0 Å². The summed E-state index contributed by atoms with van der Waals surface area (Å²) in [4.78, 5) is 3.93. The first kappa shape index (κ1) is 10.2. The molecule has 2 unspecified atom stereocenters. The minimum absolute atomic E-state index is 0.394. The minimum atomic E-state index is -1.14. The number of halogens is 1. The average molecular weight is 223 g/mol. The molecule has 0 saturated carbocycles. The van der Waals surface area contributed by atoms with E-state index in [-0.39, 0.29) is 0 Å². The van der Waals surface area contributed by atoms with Crippen molar-refractivity contribution in [3.63, 3.8) is 0 Å². The molecule has 0 amide bonds. The van der Waals surface area contributed by atoms with Gasteiger partial charge in [0.15, 0.2) is 5.91 Å². The molecule has 0 N–H and O–H groups in total. The number of aromatic nitrogens is 3. The molecular formula is C10H11FN3P. The van der Waals surface area contributed by atoms with Gasteiger partial charge >= 0.3 is 0 Å². The van der Waals surface area contributed by atoms with Crippen molar-refractivity contribution in [2.75, 3.05) is 0 Å². The topological polar surface area (TPSA) is 30.7 Å². The first-order valence-corrected chi connectivity index (χ1v) is 5.22. The van der Waals surface area contributed by atoms with Gasteiger partial charge in [-0.05, 0) is 25.1 Å². The van der Waals surface area contributed by atoms with E-state index in [0.29, 0.717) is 5.69 Å². The monoisotopic (exact) mass is 223 g/mol. The van der Waals surface area contributed by atoms with Crippen LogP contribution in [0, 0.1) is 6.92 Å². The molecule has 15 heavy (non-hydrogen) atoms. The van der Waals surface area contributed by atoms with Gasteiger partial charge in [-0.15, -0.1) is 0 Å². The van der Waals surface area contributed by atoms with Crippen molar-refractivity contribution in [3.05, 3.63) is 42.0 Å². The number of alkyl halides is 1. The molecule has 0 spiro atoms. The average Bonchev–Trinajstić information content (AvgIpc) is 2.65. The zero-order chi connectivity index (χ0) is 10.8. The van der Waals surface area contributed by atoms with Crippen LogP contribution in [0.1, 0.15) is 17.3 Å². The predicted octanol–water partition coefficient (Wildman–Crippen LogP) is 2.42. The molecule has 0 aliphatic rings. The van der Waals surface area contributed by atoms with Crippen molar-refractivity contribution >= 4 is 9.24 Å². The smallest absolute Gasteiger partial charge is 0.155 e. The summed E-state index contributed by atoms with van der Waals surface area (Å²) >= 11 is 0. The lowest BCUT2D eigenvalue weighted by Gasteiger charge is -2.04. The Balaban J connectivity index is 2.41. The highest BCUT2D eigenvalue weighted by Crippen LogP contribution is 2.23. The SMILES string of the molecule is Cc1ccn(-c2ccnc(C(F)P)c2)n1. The van der Waals surface area contributed by atoms with Crippen molar-refractivity contribution in [3.8, 4) is 5.69 Å². The highest BCUT2D eigenvalue weighted by atomic mass is 31.0. The standard InChI is InChI=1S/C10H11FN3P/c1-7-3-5-14(13-7)8-2-4-12-9(6-8)10(11)15/h2-6,10H,15H2,1H3. The molecule has 0 aromatic carbocycles. The van der Waals surface area contributed by atoms with Gasteiger partial charge in [-0.25, -0.2) is 9.07 Å². The molecule has 0 aliphatic heterocycles. The van der Waals surface area contributed by atoms with E-state index in [2.05, 4.69) is 19.3 Å². The normalized spacial score (nSPS) is 12.7.